The Labute approximate surface area is 181 Å². The van der Waals surface area contributed by atoms with Gasteiger partial charge < -0.3 is 14.0 Å². The van der Waals surface area contributed by atoms with Crippen LogP contribution in [0.15, 0.2) is 72.8 Å². The Balaban J connectivity index is 2.61. The molecule has 160 valence electrons. The Bertz CT molecular complexity index is 801. The highest BCUT2D eigenvalue weighted by Gasteiger charge is 2.51. The average molecular weight is 425 g/mol. The summed E-state index contributed by atoms with van der Waals surface area (Å²) in [5, 5.41) is 2.12. The molecule has 0 bridgehead atoms. The largest absolute Gasteiger partial charge is 0.466 e. The molecule has 0 aromatic heterocycles. The molecule has 0 aliphatic carbocycles. The Kier molecular flexibility index (Phi) is 8.32. The summed E-state index contributed by atoms with van der Waals surface area (Å²) >= 11 is 0. The van der Waals surface area contributed by atoms with E-state index in [0.717, 1.165) is 16.7 Å². The maximum Gasteiger partial charge on any atom is 0.330 e. The van der Waals surface area contributed by atoms with Crippen molar-refractivity contribution in [2.45, 2.75) is 45.3 Å². The maximum atomic E-state index is 11.7. The van der Waals surface area contributed by atoms with Gasteiger partial charge in [-0.05, 0) is 21.8 Å². The molecular formula is C25H32O4Si. The molecule has 0 saturated carbocycles. The Morgan fingerprint density at radius 1 is 1.00 bits per heavy atom. The topological polar surface area (TPSA) is 52.6 Å². The molecule has 2 aromatic carbocycles. The third kappa shape index (κ3) is 5.35. The zero-order valence-corrected chi connectivity index (χ0v) is 19.5. The van der Waals surface area contributed by atoms with Crippen LogP contribution in [0, 0.1) is 5.92 Å². The van der Waals surface area contributed by atoms with E-state index in [2.05, 4.69) is 49.8 Å². The molecule has 0 fully saturated rings. The number of carbonyl (C=O) groups excluding carboxylic acids is 2. The molecule has 0 amide bonds. The second kappa shape index (κ2) is 10.5. The van der Waals surface area contributed by atoms with Crippen molar-refractivity contribution < 1.29 is 18.8 Å². The second-order valence-corrected chi connectivity index (χ2v) is 12.7. The van der Waals surface area contributed by atoms with E-state index in [1.165, 1.54) is 13.2 Å². The third-order valence-corrected chi connectivity index (χ3v) is 10.4. The molecule has 0 spiro atoms. The van der Waals surface area contributed by atoms with Crippen molar-refractivity contribution >= 4 is 30.9 Å². The van der Waals surface area contributed by atoms with Crippen molar-refractivity contribution in [2.75, 3.05) is 7.11 Å². The lowest BCUT2D eigenvalue weighted by molar-refractivity contribution is -0.134. The van der Waals surface area contributed by atoms with Gasteiger partial charge in [0.1, 0.15) is 6.29 Å². The fourth-order valence-electron chi connectivity index (χ4n) is 3.74. The predicted molar refractivity (Wildman–Crippen MR) is 123 cm³/mol. The molecule has 5 heteroatoms. The summed E-state index contributed by atoms with van der Waals surface area (Å²) in [5.41, 5.74) is 0. The molecule has 0 N–H and O–H groups in total. The molecule has 0 aliphatic rings. The first-order valence-corrected chi connectivity index (χ1v) is 12.2. The van der Waals surface area contributed by atoms with Crippen LogP contribution in [0.4, 0.5) is 0 Å². The lowest BCUT2D eigenvalue weighted by atomic mass is 10.0. The number of hydrogen-bond acceptors (Lipinski definition) is 4. The van der Waals surface area contributed by atoms with Crippen LogP contribution in [-0.2, 0) is 18.8 Å². The fraction of sp³-hybridized carbons (Fsp3) is 0.360. The van der Waals surface area contributed by atoms with Gasteiger partial charge in [0.2, 0.25) is 0 Å². The van der Waals surface area contributed by atoms with Crippen molar-refractivity contribution in [2.24, 2.45) is 5.92 Å². The minimum absolute atomic E-state index is 0.192. The highest BCUT2D eigenvalue weighted by Crippen LogP contribution is 2.38. The van der Waals surface area contributed by atoms with Crippen LogP contribution < -0.4 is 10.4 Å². The first-order chi connectivity index (χ1) is 14.3. The minimum atomic E-state index is -2.79. The van der Waals surface area contributed by atoms with Crippen LogP contribution in [0.5, 0.6) is 0 Å². The van der Waals surface area contributed by atoms with Crippen LogP contribution in [0.25, 0.3) is 0 Å². The van der Waals surface area contributed by atoms with Crippen molar-refractivity contribution in [1.82, 2.24) is 0 Å². The van der Waals surface area contributed by atoms with E-state index < -0.39 is 14.3 Å². The fourth-order valence-corrected chi connectivity index (χ4v) is 8.52. The molecular weight excluding hydrogens is 392 g/mol. The van der Waals surface area contributed by atoms with Gasteiger partial charge in [0.15, 0.2) is 0 Å². The molecule has 0 heterocycles. The van der Waals surface area contributed by atoms with Crippen LogP contribution in [-0.4, -0.2) is 33.8 Å². The zero-order valence-electron chi connectivity index (χ0n) is 18.5. The van der Waals surface area contributed by atoms with E-state index in [-0.39, 0.29) is 17.1 Å². The quantitative estimate of drug-likeness (QED) is 0.265. The molecule has 2 atom stereocenters. The highest BCUT2D eigenvalue weighted by atomic mass is 28.4. The van der Waals surface area contributed by atoms with E-state index in [9.17, 15) is 9.59 Å². The summed E-state index contributed by atoms with van der Waals surface area (Å²) in [6, 6.07) is 20.6. The number of ether oxygens (including phenoxy) is 1. The third-order valence-electron chi connectivity index (χ3n) is 5.37. The number of benzene rings is 2. The van der Waals surface area contributed by atoms with Crippen LogP contribution in [0.1, 0.15) is 34.1 Å². The molecule has 0 aliphatic heterocycles. The van der Waals surface area contributed by atoms with Crippen LogP contribution in [0.3, 0.4) is 0 Å². The molecule has 2 aromatic rings. The predicted octanol–water partition coefficient (Wildman–Crippen LogP) is 3.89. The molecule has 0 radical (unpaired) electrons. The first-order valence-electron chi connectivity index (χ1n) is 10.2. The van der Waals surface area contributed by atoms with Crippen molar-refractivity contribution in [3.8, 4) is 0 Å². The summed E-state index contributed by atoms with van der Waals surface area (Å²) in [6.07, 6.45) is 4.12. The normalized spacial score (nSPS) is 14.3. The van der Waals surface area contributed by atoms with Gasteiger partial charge in [-0.15, -0.1) is 0 Å². The van der Waals surface area contributed by atoms with Crippen molar-refractivity contribution in [3.63, 3.8) is 0 Å². The minimum Gasteiger partial charge on any atom is -0.466 e. The zero-order chi connectivity index (χ0) is 22.2. The van der Waals surface area contributed by atoms with Gasteiger partial charge in [-0.1, -0.05) is 94.4 Å². The van der Waals surface area contributed by atoms with E-state index >= 15 is 0 Å². The lowest BCUT2D eigenvalue weighted by Gasteiger charge is -2.45. The number of carbonyl (C=O) groups is 2. The summed E-state index contributed by atoms with van der Waals surface area (Å²) < 4.78 is 11.7. The van der Waals surface area contributed by atoms with Gasteiger partial charge in [-0.25, -0.2) is 4.79 Å². The van der Waals surface area contributed by atoms with E-state index in [4.69, 9.17) is 4.43 Å². The molecule has 2 rings (SSSR count). The summed E-state index contributed by atoms with van der Waals surface area (Å²) in [6.45, 7) is 8.46. The van der Waals surface area contributed by atoms with Gasteiger partial charge >= 0.3 is 5.97 Å². The number of hydrogen-bond donors (Lipinski definition) is 0. The summed E-state index contributed by atoms with van der Waals surface area (Å²) in [4.78, 5) is 23.2. The number of rotatable bonds is 9. The SMILES string of the molecule is COC(=O)/C=C/C[C@H](O[Si](c1ccccc1)(c1ccccc1)C(C)(C)C)[C@@H](C)C=O. The number of aldehydes is 1. The Morgan fingerprint density at radius 2 is 1.50 bits per heavy atom. The number of methoxy groups -OCH3 is 1. The summed E-state index contributed by atoms with van der Waals surface area (Å²) in [5.74, 6) is -0.744. The van der Waals surface area contributed by atoms with E-state index in [0.29, 0.717) is 6.42 Å². The van der Waals surface area contributed by atoms with Crippen LogP contribution in [0.2, 0.25) is 5.04 Å². The van der Waals surface area contributed by atoms with Gasteiger partial charge in [0.25, 0.3) is 8.32 Å². The molecule has 0 unspecified atom stereocenters. The summed E-state index contributed by atoms with van der Waals surface area (Å²) in [7, 11) is -1.44. The monoisotopic (exact) mass is 424 g/mol. The molecule has 0 saturated heterocycles. The van der Waals surface area contributed by atoms with Crippen molar-refractivity contribution in [1.29, 1.82) is 0 Å². The lowest BCUT2D eigenvalue weighted by Crippen LogP contribution is -2.68. The molecule has 4 nitrogen and oxygen atoms in total. The average Bonchev–Trinajstić information content (AvgIpc) is 2.75. The smallest absolute Gasteiger partial charge is 0.330 e. The molecule has 30 heavy (non-hydrogen) atoms. The van der Waals surface area contributed by atoms with Gasteiger partial charge in [-0.3, -0.25) is 0 Å². The van der Waals surface area contributed by atoms with Gasteiger partial charge in [-0.2, -0.15) is 0 Å². The van der Waals surface area contributed by atoms with Gasteiger partial charge in [0.05, 0.1) is 13.2 Å². The highest BCUT2D eigenvalue weighted by molar-refractivity contribution is 6.99. The second-order valence-electron chi connectivity index (χ2n) is 8.48. The maximum absolute atomic E-state index is 11.7. The van der Waals surface area contributed by atoms with E-state index in [1.807, 2.05) is 43.3 Å². The Hall–Kier alpha value is -2.50. The standard InChI is InChI=1S/C25H32O4Si/c1-20(19-26)23(17-12-18-24(27)28-5)29-30(25(2,3)4,21-13-8-6-9-14-21)22-15-10-7-11-16-22/h6-16,18-20,23H,17H2,1-5H3/b18-12+/t20-,23-/m0/s1. The van der Waals surface area contributed by atoms with Gasteiger partial charge in [0, 0.05) is 12.0 Å². The van der Waals surface area contributed by atoms with Crippen molar-refractivity contribution in [3.05, 3.63) is 72.8 Å². The van der Waals surface area contributed by atoms with Crippen LogP contribution >= 0.6 is 0 Å². The van der Waals surface area contributed by atoms with E-state index in [1.54, 1.807) is 6.08 Å². The first kappa shape index (κ1) is 23.8. The number of esters is 1. The Morgan fingerprint density at radius 3 is 1.90 bits per heavy atom.